The molecular weight excluding hydrogens is 709 g/mol. The summed E-state index contributed by atoms with van der Waals surface area (Å²) in [5.41, 5.74) is 17.0. The van der Waals surface area contributed by atoms with Crippen LogP contribution in [0.1, 0.15) is 50.2 Å². The highest BCUT2D eigenvalue weighted by molar-refractivity contribution is 6.35. The molecule has 0 bridgehead atoms. The van der Waals surface area contributed by atoms with Gasteiger partial charge in [0.05, 0.1) is 6.04 Å². The molecule has 0 aromatic heterocycles. The van der Waals surface area contributed by atoms with Crippen LogP contribution in [0.3, 0.4) is 0 Å². The Morgan fingerprint density at radius 2 is 1.35 bits per heavy atom. The van der Waals surface area contributed by atoms with Crippen LogP contribution < -0.4 is 32.7 Å². The summed E-state index contributed by atoms with van der Waals surface area (Å²) in [6.45, 7) is 1.32. The second-order valence-electron chi connectivity index (χ2n) is 13.3. The Bertz CT molecular complexity index is 1690. The van der Waals surface area contributed by atoms with Gasteiger partial charge < -0.3 is 42.9 Å². The van der Waals surface area contributed by atoms with E-state index < -0.39 is 57.3 Å². The molecular formula is C39H52N6O8Si. The van der Waals surface area contributed by atoms with Gasteiger partial charge in [0.25, 0.3) is 0 Å². The molecule has 10 N–H and O–H groups in total. The fourth-order valence-corrected chi connectivity index (χ4v) is 7.56. The minimum atomic E-state index is -1.31. The molecule has 3 aromatic rings. The molecule has 15 heteroatoms. The van der Waals surface area contributed by atoms with Gasteiger partial charge in [0.15, 0.2) is 0 Å². The SMILES string of the molecule is CC(=O)Nc1ccc(-c2ccc(C[C@@H](NC(=O)[C@@H](N)CC[SiH2]C[C@@H](N)Cc3ccccc3)C(=O)NCC[C@@H](NC(=O)CCCC(=O)O)C(=O)O)cc2)cc1. The first-order valence-corrected chi connectivity index (χ1v) is 20.1. The van der Waals surface area contributed by atoms with Crippen molar-refractivity contribution in [3.05, 3.63) is 90.0 Å². The van der Waals surface area contributed by atoms with Gasteiger partial charge in [-0.25, -0.2) is 4.79 Å². The number of nitrogens with one attached hydrogen (secondary N) is 4. The molecule has 0 aliphatic heterocycles. The van der Waals surface area contributed by atoms with Crippen molar-refractivity contribution in [2.45, 2.75) is 88.1 Å². The number of carbonyl (C=O) groups excluding carboxylic acids is 4. The van der Waals surface area contributed by atoms with Gasteiger partial charge in [-0.2, -0.15) is 0 Å². The minimum absolute atomic E-state index is 0.0395. The Labute approximate surface area is 317 Å². The van der Waals surface area contributed by atoms with E-state index in [1.807, 2.05) is 66.7 Å². The third-order valence-electron chi connectivity index (χ3n) is 8.74. The zero-order valence-corrected chi connectivity index (χ0v) is 32.0. The summed E-state index contributed by atoms with van der Waals surface area (Å²) in [5.74, 6) is -4.17. The maximum atomic E-state index is 13.5. The highest BCUT2D eigenvalue weighted by Crippen LogP contribution is 2.22. The molecule has 0 heterocycles. The largest absolute Gasteiger partial charge is 0.481 e. The van der Waals surface area contributed by atoms with Crippen molar-refractivity contribution in [1.29, 1.82) is 0 Å². The lowest BCUT2D eigenvalue weighted by atomic mass is 9.99. The molecule has 0 spiro atoms. The van der Waals surface area contributed by atoms with E-state index in [1.165, 1.54) is 12.5 Å². The molecule has 290 valence electrons. The van der Waals surface area contributed by atoms with Crippen LogP contribution in [0.25, 0.3) is 11.1 Å². The van der Waals surface area contributed by atoms with E-state index in [0.717, 1.165) is 35.2 Å². The van der Waals surface area contributed by atoms with E-state index >= 15 is 0 Å². The standard InChI is InChI=1S/C39H52N6O8Si/c1-25(46)43-31-16-14-29(15-17-31)28-12-10-27(11-13-28)23-34(38(51)42-20-18-33(39(52)53)44-35(47)8-5-9-36(48)49)45-37(50)32(41)19-21-54-24-30(40)22-26-6-3-2-4-7-26/h2-4,6-7,10-17,30,32-34H,5,8-9,18-24,40-41,54H2,1H3,(H,42,51)(H,43,46)(H,44,47)(H,45,50)(H,48,49)(H,52,53)/t30-,32-,33+,34+/m0/s1. The lowest BCUT2D eigenvalue weighted by molar-refractivity contribution is -0.142. The van der Waals surface area contributed by atoms with Gasteiger partial charge in [-0.15, -0.1) is 0 Å². The fourth-order valence-electron chi connectivity index (χ4n) is 5.81. The Hall–Kier alpha value is -5.38. The molecule has 0 saturated carbocycles. The Morgan fingerprint density at radius 1 is 0.722 bits per heavy atom. The Balaban J connectivity index is 1.61. The van der Waals surface area contributed by atoms with Crippen LogP contribution in [0.2, 0.25) is 12.1 Å². The second-order valence-corrected chi connectivity index (χ2v) is 15.3. The van der Waals surface area contributed by atoms with E-state index in [1.54, 1.807) is 12.1 Å². The predicted molar refractivity (Wildman–Crippen MR) is 209 cm³/mol. The smallest absolute Gasteiger partial charge is 0.326 e. The first kappa shape index (κ1) is 43.0. The minimum Gasteiger partial charge on any atom is -0.481 e. The number of rotatable bonds is 23. The normalized spacial score (nSPS) is 13.3. The van der Waals surface area contributed by atoms with E-state index in [-0.39, 0.29) is 50.6 Å². The van der Waals surface area contributed by atoms with E-state index in [0.29, 0.717) is 12.1 Å². The van der Waals surface area contributed by atoms with Crippen molar-refractivity contribution in [3.8, 4) is 11.1 Å². The lowest BCUT2D eigenvalue weighted by Gasteiger charge is -2.22. The van der Waals surface area contributed by atoms with Gasteiger partial charge in [0.2, 0.25) is 23.6 Å². The van der Waals surface area contributed by atoms with Gasteiger partial charge in [-0.3, -0.25) is 24.0 Å². The average molecular weight is 761 g/mol. The van der Waals surface area contributed by atoms with Crippen molar-refractivity contribution < 1.29 is 39.0 Å². The lowest BCUT2D eigenvalue weighted by Crippen LogP contribution is -2.53. The van der Waals surface area contributed by atoms with Crippen LogP contribution in [0.5, 0.6) is 0 Å². The first-order chi connectivity index (χ1) is 25.8. The zero-order chi connectivity index (χ0) is 39.5. The monoisotopic (exact) mass is 760 g/mol. The van der Waals surface area contributed by atoms with Crippen LogP contribution in [-0.4, -0.2) is 86.0 Å². The van der Waals surface area contributed by atoms with Gasteiger partial charge >= 0.3 is 11.9 Å². The summed E-state index contributed by atoms with van der Waals surface area (Å²) in [4.78, 5) is 72.8. The van der Waals surface area contributed by atoms with Crippen LogP contribution in [-0.2, 0) is 41.6 Å². The number of benzene rings is 3. The molecule has 0 fully saturated rings. The molecule has 0 radical (unpaired) electrons. The topological polar surface area (TPSA) is 243 Å². The highest BCUT2D eigenvalue weighted by atomic mass is 28.2. The number of carboxylic acids is 2. The van der Waals surface area contributed by atoms with Crippen LogP contribution in [0.15, 0.2) is 78.9 Å². The summed E-state index contributed by atoms with van der Waals surface area (Å²) < 4.78 is 0. The Morgan fingerprint density at radius 3 is 1.96 bits per heavy atom. The number of aliphatic carboxylic acids is 2. The van der Waals surface area contributed by atoms with Crippen LogP contribution in [0.4, 0.5) is 5.69 Å². The fraction of sp³-hybridized carbons (Fsp3) is 0.385. The van der Waals surface area contributed by atoms with Crippen molar-refractivity contribution >= 4 is 50.8 Å². The molecule has 3 aromatic carbocycles. The second kappa shape index (κ2) is 22.6. The summed E-state index contributed by atoms with van der Waals surface area (Å²) in [6, 6.07) is 23.4. The molecule has 0 aliphatic carbocycles. The van der Waals surface area contributed by atoms with Crippen LogP contribution >= 0.6 is 0 Å². The van der Waals surface area contributed by atoms with Crippen LogP contribution in [0, 0.1) is 0 Å². The van der Waals surface area contributed by atoms with Gasteiger partial charge in [-0.05, 0) is 66.1 Å². The number of hydrogen-bond donors (Lipinski definition) is 8. The molecule has 3 rings (SSSR count). The summed E-state index contributed by atoms with van der Waals surface area (Å²) in [7, 11) is -0.580. The van der Waals surface area contributed by atoms with Gasteiger partial charge in [0.1, 0.15) is 12.1 Å². The molecule has 0 unspecified atom stereocenters. The molecule has 0 saturated heterocycles. The highest BCUT2D eigenvalue weighted by Gasteiger charge is 2.26. The van der Waals surface area contributed by atoms with Crippen molar-refractivity contribution in [2.75, 3.05) is 11.9 Å². The van der Waals surface area contributed by atoms with E-state index in [9.17, 15) is 33.9 Å². The third-order valence-corrected chi connectivity index (χ3v) is 10.8. The summed E-state index contributed by atoms with van der Waals surface area (Å²) >= 11 is 0. The number of anilines is 1. The number of amides is 4. The molecule has 14 nitrogen and oxygen atoms in total. The van der Waals surface area contributed by atoms with Crippen molar-refractivity contribution in [3.63, 3.8) is 0 Å². The maximum Gasteiger partial charge on any atom is 0.326 e. The van der Waals surface area contributed by atoms with E-state index in [2.05, 4.69) is 21.3 Å². The third kappa shape index (κ3) is 16.1. The predicted octanol–water partition coefficient (Wildman–Crippen LogP) is 1.96. The number of hydrogen-bond acceptors (Lipinski definition) is 8. The molecule has 54 heavy (non-hydrogen) atoms. The van der Waals surface area contributed by atoms with Crippen molar-refractivity contribution in [2.24, 2.45) is 11.5 Å². The molecule has 4 atom stereocenters. The number of carbonyl (C=O) groups is 6. The zero-order valence-electron chi connectivity index (χ0n) is 30.6. The first-order valence-electron chi connectivity index (χ1n) is 18.1. The molecule has 4 amide bonds. The molecule has 0 aliphatic rings. The van der Waals surface area contributed by atoms with Gasteiger partial charge in [-0.1, -0.05) is 72.8 Å². The summed E-state index contributed by atoms with van der Waals surface area (Å²) in [5, 5.41) is 28.9. The van der Waals surface area contributed by atoms with E-state index in [4.69, 9.17) is 16.6 Å². The number of nitrogens with two attached hydrogens (primary N) is 2. The summed E-state index contributed by atoms with van der Waals surface area (Å²) in [6.07, 6.45) is 0.904. The number of carboxylic acid groups (broad SMARTS) is 2. The average Bonchev–Trinajstić information content (AvgIpc) is 3.13. The van der Waals surface area contributed by atoms with Crippen molar-refractivity contribution in [1.82, 2.24) is 16.0 Å². The quantitative estimate of drug-likeness (QED) is 0.0516. The van der Waals surface area contributed by atoms with Gasteiger partial charge in [0, 0.05) is 54.0 Å². The maximum absolute atomic E-state index is 13.5. The Kier molecular flexibility index (Phi) is 18.0.